The molecule has 2 heteroatoms. The molecule has 0 spiro atoms. The summed E-state index contributed by atoms with van der Waals surface area (Å²) in [6.45, 7) is 2.09. The molecule has 1 aliphatic carbocycles. The van der Waals surface area contributed by atoms with Crippen molar-refractivity contribution in [2.75, 3.05) is 6.61 Å². The first-order valence-electron chi connectivity index (χ1n) is 4.15. The number of aliphatic hydroxyl groups excluding tert-OH is 1. The van der Waals surface area contributed by atoms with E-state index in [2.05, 4.69) is 6.08 Å². The molecule has 1 aliphatic rings. The maximum absolute atomic E-state index is 9.55. The SMILES string of the molecule is CC1(O)CC=C(CCO)CC1. The fourth-order valence-corrected chi connectivity index (χ4v) is 1.37. The molecule has 11 heavy (non-hydrogen) atoms. The van der Waals surface area contributed by atoms with Crippen molar-refractivity contribution >= 4 is 0 Å². The molecule has 0 radical (unpaired) electrons. The molecular weight excluding hydrogens is 140 g/mol. The number of hydrogen-bond acceptors (Lipinski definition) is 2. The number of aliphatic hydroxyl groups is 2. The summed E-state index contributed by atoms with van der Waals surface area (Å²) >= 11 is 0. The quantitative estimate of drug-likeness (QED) is 0.590. The fraction of sp³-hybridized carbons (Fsp3) is 0.778. The number of hydrogen-bond donors (Lipinski definition) is 2. The molecule has 0 amide bonds. The molecule has 2 nitrogen and oxygen atoms in total. The first-order valence-corrected chi connectivity index (χ1v) is 4.15. The minimum absolute atomic E-state index is 0.230. The van der Waals surface area contributed by atoms with Gasteiger partial charge in [-0.15, -0.1) is 0 Å². The highest BCUT2D eigenvalue weighted by atomic mass is 16.3. The first-order chi connectivity index (χ1) is 5.14. The average molecular weight is 156 g/mol. The smallest absolute Gasteiger partial charge is 0.0657 e. The lowest BCUT2D eigenvalue weighted by molar-refractivity contribution is 0.0487. The molecule has 0 saturated heterocycles. The standard InChI is InChI=1S/C9H16O2/c1-9(11)5-2-8(3-6-9)4-7-10/h2,10-11H,3-7H2,1H3. The van der Waals surface area contributed by atoms with Gasteiger partial charge in [0, 0.05) is 6.61 Å². The highest BCUT2D eigenvalue weighted by molar-refractivity contribution is 5.09. The Bertz CT molecular complexity index is 159. The van der Waals surface area contributed by atoms with Crippen molar-refractivity contribution in [1.29, 1.82) is 0 Å². The summed E-state index contributed by atoms with van der Waals surface area (Å²) in [6.07, 6.45) is 5.34. The van der Waals surface area contributed by atoms with E-state index < -0.39 is 5.60 Å². The van der Waals surface area contributed by atoms with Crippen molar-refractivity contribution in [2.45, 2.75) is 38.2 Å². The summed E-state index contributed by atoms with van der Waals surface area (Å²) in [5.41, 5.74) is 0.790. The van der Waals surface area contributed by atoms with Crippen molar-refractivity contribution in [3.05, 3.63) is 11.6 Å². The minimum atomic E-state index is -0.501. The third-order valence-corrected chi connectivity index (χ3v) is 2.25. The largest absolute Gasteiger partial charge is 0.396 e. The van der Waals surface area contributed by atoms with Crippen molar-refractivity contribution in [3.63, 3.8) is 0 Å². The second-order valence-electron chi connectivity index (χ2n) is 3.54. The molecule has 0 aromatic rings. The van der Waals surface area contributed by atoms with Crippen LogP contribution in [0.25, 0.3) is 0 Å². The van der Waals surface area contributed by atoms with Gasteiger partial charge in [-0.3, -0.25) is 0 Å². The van der Waals surface area contributed by atoms with Gasteiger partial charge in [-0.05, 0) is 32.6 Å². The number of rotatable bonds is 2. The Morgan fingerprint density at radius 3 is 2.82 bits per heavy atom. The van der Waals surface area contributed by atoms with E-state index in [4.69, 9.17) is 5.11 Å². The lowest BCUT2D eigenvalue weighted by Crippen LogP contribution is -2.25. The Kier molecular flexibility index (Phi) is 2.68. The van der Waals surface area contributed by atoms with Crippen LogP contribution in [0.3, 0.4) is 0 Å². The predicted octanol–water partition coefficient (Wildman–Crippen LogP) is 1.23. The fourth-order valence-electron chi connectivity index (χ4n) is 1.37. The molecule has 2 N–H and O–H groups in total. The van der Waals surface area contributed by atoms with Crippen molar-refractivity contribution < 1.29 is 10.2 Å². The molecule has 1 rings (SSSR count). The molecule has 0 aromatic heterocycles. The van der Waals surface area contributed by atoms with E-state index in [1.165, 1.54) is 5.57 Å². The monoisotopic (exact) mass is 156 g/mol. The van der Waals surface area contributed by atoms with Crippen LogP contribution in [-0.4, -0.2) is 22.4 Å². The third kappa shape index (κ3) is 2.64. The highest BCUT2D eigenvalue weighted by Gasteiger charge is 2.22. The topological polar surface area (TPSA) is 40.5 Å². The van der Waals surface area contributed by atoms with Gasteiger partial charge in [0.1, 0.15) is 0 Å². The Morgan fingerprint density at radius 2 is 2.36 bits per heavy atom. The van der Waals surface area contributed by atoms with Crippen molar-refractivity contribution in [3.8, 4) is 0 Å². The van der Waals surface area contributed by atoms with Crippen molar-refractivity contribution in [2.24, 2.45) is 0 Å². The summed E-state index contributed by atoms with van der Waals surface area (Å²) in [5.74, 6) is 0. The molecule has 0 aromatic carbocycles. The van der Waals surface area contributed by atoms with Gasteiger partial charge in [0.25, 0.3) is 0 Å². The van der Waals surface area contributed by atoms with Crippen molar-refractivity contribution in [1.82, 2.24) is 0 Å². The van der Waals surface area contributed by atoms with Crippen LogP contribution in [0.4, 0.5) is 0 Å². The van der Waals surface area contributed by atoms with Crippen LogP contribution in [0, 0.1) is 0 Å². The Balaban J connectivity index is 2.44. The molecule has 0 heterocycles. The summed E-state index contributed by atoms with van der Waals surface area (Å²) in [4.78, 5) is 0. The zero-order valence-electron chi connectivity index (χ0n) is 7.01. The molecule has 0 saturated carbocycles. The van der Waals surface area contributed by atoms with Crippen LogP contribution >= 0.6 is 0 Å². The second kappa shape index (κ2) is 3.37. The van der Waals surface area contributed by atoms with Crippen LogP contribution in [-0.2, 0) is 0 Å². The van der Waals surface area contributed by atoms with E-state index >= 15 is 0 Å². The van der Waals surface area contributed by atoms with Gasteiger partial charge in [0.2, 0.25) is 0 Å². The van der Waals surface area contributed by atoms with E-state index in [0.717, 1.165) is 25.7 Å². The molecule has 0 aliphatic heterocycles. The summed E-state index contributed by atoms with van der Waals surface area (Å²) in [7, 11) is 0. The lowest BCUT2D eigenvalue weighted by Gasteiger charge is -2.27. The van der Waals surface area contributed by atoms with E-state index in [1.54, 1.807) is 0 Å². The van der Waals surface area contributed by atoms with Gasteiger partial charge >= 0.3 is 0 Å². The molecule has 1 atom stereocenters. The molecular formula is C9H16O2. The third-order valence-electron chi connectivity index (χ3n) is 2.25. The Labute approximate surface area is 67.6 Å². The van der Waals surface area contributed by atoms with E-state index in [0.29, 0.717) is 0 Å². The van der Waals surface area contributed by atoms with Gasteiger partial charge in [0.15, 0.2) is 0 Å². The minimum Gasteiger partial charge on any atom is -0.396 e. The van der Waals surface area contributed by atoms with Crippen LogP contribution in [0.2, 0.25) is 0 Å². The summed E-state index contributed by atoms with van der Waals surface area (Å²) < 4.78 is 0. The van der Waals surface area contributed by atoms with Gasteiger partial charge in [-0.1, -0.05) is 11.6 Å². The lowest BCUT2D eigenvalue weighted by atomic mass is 9.86. The maximum atomic E-state index is 9.55. The van der Waals surface area contributed by atoms with Crippen LogP contribution < -0.4 is 0 Å². The molecule has 0 bridgehead atoms. The predicted molar refractivity (Wildman–Crippen MR) is 44.3 cm³/mol. The van der Waals surface area contributed by atoms with Gasteiger partial charge in [0.05, 0.1) is 5.60 Å². The van der Waals surface area contributed by atoms with Gasteiger partial charge in [-0.2, -0.15) is 0 Å². The first kappa shape index (κ1) is 8.75. The Morgan fingerprint density at radius 1 is 1.64 bits per heavy atom. The van der Waals surface area contributed by atoms with Crippen LogP contribution in [0.5, 0.6) is 0 Å². The van der Waals surface area contributed by atoms with E-state index in [9.17, 15) is 5.11 Å². The van der Waals surface area contributed by atoms with Crippen LogP contribution in [0.15, 0.2) is 11.6 Å². The van der Waals surface area contributed by atoms with E-state index in [1.807, 2.05) is 6.92 Å². The van der Waals surface area contributed by atoms with Gasteiger partial charge < -0.3 is 10.2 Å². The second-order valence-corrected chi connectivity index (χ2v) is 3.54. The van der Waals surface area contributed by atoms with E-state index in [-0.39, 0.29) is 6.61 Å². The average Bonchev–Trinajstić information content (AvgIpc) is 1.94. The maximum Gasteiger partial charge on any atom is 0.0657 e. The Hall–Kier alpha value is -0.340. The summed E-state index contributed by atoms with van der Waals surface area (Å²) in [5, 5.41) is 18.2. The normalized spacial score (nSPS) is 31.7. The zero-order valence-corrected chi connectivity index (χ0v) is 7.01. The van der Waals surface area contributed by atoms with Gasteiger partial charge in [-0.25, -0.2) is 0 Å². The summed E-state index contributed by atoms with van der Waals surface area (Å²) in [6, 6.07) is 0. The molecule has 0 fully saturated rings. The zero-order chi connectivity index (χ0) is 8.32. The molecule has 64 valence electrons. The molecule has 1 unspecified atom stereocenters. The highest BCUT2D eigenvalue weighted by Crippen LogP contribution is 2.27. The van der Waals surface area contributed by atoms with Crippen LogP contribution in [0.1, 0.15) is 32.6 Å².